The van der Waals surface area contributed by atoms with E-state index in [-0.39, 0.29) is 23.8 Å². The third-order valence-corrected chi connectivity index (χ3v) is 5.13. The van der Waals surface area contributed by atoms with Gasteiger partial charge >= 0.3 is 0 Å². The van der Waals surface area contributed by atoms with Gasteiger partial charge in [-0.25, -0.2) is 9.37 Å². The molecule has 1 aromatic carbocycles. The van der Waals surface area contributed by atoms with E-state index in [4.69, 9.17) is 0 Å². The van der Waals surface area contributed by atoms with Crippen LogP contribution in [0, 0.1) is 5.82 Å². The van der Waals surface area contributed by atoms with Crippen molar-refractivity contribution >= 4 is 17.2 Å². The summed E-state index contributed by atoms with van der Waals surface area (Å²) in [6.45, 7) is 5.57. The van der Waals surface area contributed by atoms with E-state index >= 15 is 0 Å². The highest BCUT2D eigenvalue weighted by Gasteiger charge is 2.29. The van der Waals surface area contributed by atoms with E-state index in [1.165, 1.54) is 17.4 Å². The number of piperazine rings is 1. The first-order valence-corrected chi connectivity index (χ1v) is 8.14. The van der Waals surface area contributed by atoms with Gasteiger partial charge in [0.1, 0.15) is 15.7 Å². The van der Waals surface area contributed by atoms with E-state index < -0.39 is 0 Å². The molecule has 4 nitrogen and oxygen atoms in total. The molecule has 0 bridgehead atoms. The molecule has 2 heterocycles. The van der Waals surface area contributed by atoms with E-state index in [1.54, 1.807) is 24.4 Å². The van der Waals surface area contributed by atoms with Gasteiger partial charge in [0.05, 0.1) is 6.20 Å². The zero-order valence-electron chi connectivity index (χ0n) is 12.5. The van der Waals surface area contributed by atoms with Crippen LogP contribution in [0.5, 0.6) is 0 Å². The predicted octanol–water partition coefficient (Wildman–Crippen LogP) is 2.77. The molecule has 0 aliphatic carbocycles. The van der Waals surface area contributed by atoms with Crippen molar-refractivity contribution in [3.63, 3.8) is 0 Å². The maximum Gasteiger partial charge on any atom is 0.265 e. The lowest BCUT2D eigenvalue weighted by Crippen LogP contribution is -2.57. The van der Waals surface area contributed by atoms with Crippen molar-refractivity contribution in [2.75, 3.05) is 13.1 Å². The Morgan fingerprint density at radius 1 is 1.41 bits per heavy atom. The minimum atomic E-state index is -0.319. The number of rotatable bonds is 2. The zero-order valence-corrected chi connectivity index (χ0v) is 13.4. The van der Waals surface area contributed by atoms with E-state index in [2.05, 4.69) is 17.2 Å². The van der Waals surface area contributed by atoms with Crippen LogP contribution in [-0.2, 0) is 0 Å². The molecule has 1 N–H and O–H groups in total. The Morgan fingerprint density at radius 2 is 2.18 bits per heavy atom. The molecule has 0 saturated carbocycles. The Labute approximate surface area is 133 Å². The number of amides is 1. The average Bonchev–Trinajstić information content (AvgIpc) is 2.99. The third kappa shape index (κ3) is 2.76. The molecule has 22 heavy (non-hydrogen) atoms. The maximum absolute atomic E-state index is 13.8. The number of aromatic nitrogens is 1. The second kappa shape index (κ2) is 6.14. The van der Waals surface area contributed by atoms with Gasteiger partial charge in [0.15, 0.2) is 0 Å². The van der Waals surface area contributed by atoms with Gasteiger partial charge in [0, 0.05) is 30.7 Å². The molecule has 0 radical (unpaired) electrons. The molecule has 6 heteroatoms. The molecular formula is C16H18FN3OS. The van der Waals surface area contributed by atoms with Crippen molar-refractivity contribution in [1.82, 2.24) is 15.2 Å². The quantitative estimate of drug-likeness (QED) is 0.926. The van der Waals surface area contributed by atoms with Crippen LogP contribution in [0.25, 0.3) is 10.6 Å². The molecule has 1 amide bonds. The van der Waals surface area contributed by atoms with E-state index in [1.807, 2.05) is 11.8 Å². The van der Waals surface area contributed by atoms with E-state index in [9.17, 15) is 9.18 Å². The summed E-state index contributed by atoms with van der Waals surface area (Å²) in [4.78, 5) is 19.3. The van der Waals surface area contributed by atoms with Crippen LogP contribution in [0.15, 0.2) is 30.5 Å². The van der Waals surface area contributed by atoms with Crippen LogP contribution in [0.4, 0.5) is 4.39 Å². The summed E-state index contributed by atoms with van der Waals surface area (Å²) in [6.07, 6.45) is 1.55. The maximum atomic E-state index is 13.8. The van der Waals surface area contributed by atoms with Crippen molar-refractivity contribution in [3.05, 3.63) is 41.2 Å². The molecule has 2 unspecified atom stereocenters. The average molecular weight is 319 g/mol. The molecule has 116 valence electrons. The number of nitrogens with zero attached hydrogens (tertiary/aromatic N) is 2. The van der Waals surface area contributed by atoms with E-state index in [0.717, 1.165) is 6.54 Å². The number of halogens is 1. The summed E-state index contributed by atoms with van der Waals surface area (Å²) in [6, 6.07) is 6.87. The minimum absolute atomic E-state index is 0.0269. The number of carbonyl (C=O) groups is 1. The smallest absolute Gasteiger partial charge is 0.265 e. The molecule has 2 aromatic rings. The van der Waals surface area contributed by atoms with Crippen molar-refractivity contribution in [1.29, 1.82) is 0 Å². The minimum Gasteiger partial charge on any atom is -0.332 e. The lowest BCUT2D eigenvalue weighted by Gasteiger charge is -2.38. The fourth-order valence-corrected chi connectivity index (χ4v) is 3.52. The number of hydrogen-bond acceptors (Lipinski definition) is 4. The molecule has 1 aromatic heterocycles. The van der Waals surface area contributed by atoms with Gasteiger partial charge < -0.3 is 10.2 Å². The first-order chi connectivity index (χ1) is 10.6. The molecule has 1 aliphatic heterocycles. The van der Waals surface area contributed by atoms with Gasteiger partial charge in [-0.2, -0.15) is 0 Å². The number of benzene rings is 1. The lowest BCUT2D eigenvalue weighted by atomic mass is 10.1. The lowest BCUT2D eigenvalue weighted by molar-refractivity contribution is 0.0607. The normalized spacial score (nSPS) is 21.9. The van der Waals surface area contributed by atoms with Gasteiger partial charge in [-0.3, -0.25) is 4.79 Å². The highest BCUT2D eigenvalue weighted by Crippen LogP contribution is 2.28. The SMILES string of the molecule is CC1NCCN(C(=O)c2cnc(-c3ccccc3F)s2)C1C. The first kappa shape index (κ1) is 15.1. The summed E-state index contributed by atoms with van der Waals surface area (Å²) in [5, 5.41) is 3.89. The molecule has 1 aliphatic rings. The van der Waals surface area contributed by atoms with Crippen LogP contribution < -0.4 is 5.32 Å². The van der Waals surface area contributed by atoms with Crippen LogP contribution in [-0.4, -0.2) is 41.0 Å². The summed E-state index contributed by atoms with van der Waals surface area (Å²) in [5.74, 6) is -0.346. The molecule has 1 saturated heterocycles. The largest absolute Gasteiger partial charge is 0.332 e. The van der Waals surface area contributed by atoms with Gasteiger partial charge in [-0.05, 0) is 26.0 Å². The second-order valence-corrected chi connectivity index (χ2v) is 6.52. The number of nitrogens with one attached hydrogen (secondary N) is 1. The number of hydrogen-bond donors (Lipinski definition) is 1. The highest BCUT2D eigenvalue weighted by atomic mass is 32.1. The van der Waals surface area contributed by atoms with Crippen LogP contribution >= 0.6 is 11.3 Å². The van der Waals surface area contributed by atoms with Crippen LogP contribution in [0.1, 0.15) is 23.5 Å². The van der Waals surface area contributed by atoms with Gasteiger partial charge in [-0.1, -0.05) is 12.1 Å². The van der Waals surface area contributed by atoms with Crippen LogP contribution in [0.2, 0.25) is 0 Å². The molecule has 3 rings (SSSR count). The van der Waals surface area contributed by atoms with Gasteiger partial charge in [-0.15, -0.1) is 11.3 Å². The van der Waals surface area contributed by atoms with Crippen molar-refractivity contribution in [2.24, 2.45) is 0 Å². The standard InChI is InChI=1S/C16H18FN3OS/c1-10-11(2)20(8-7-18-10)16(21)14-9-19-15(22-14)12-5-3-4-6-13(12)17/h3-6,9-11,18H,7-8H2,1-2H3. The summed E-state index contributed by atoms with van der Waals surface area (Å²) >= 11 is 1.24. The second-order valence-electron chi connectivity index (χ2n) is 5.49. The van der Waals surface area contributed by atoms with Crippen molar-refractivity contribution < 1.29 is 9.18 Å². The molecule has 0 spiro atoms. The van der Waals surface area contributed by atoms with Crippen molar-refractivity contribution in [3.8, 4) is 10.6 Å². The molecule has 1 fully saturated rings. The van der Waals surface area contributed by atoms with E-state index in [0.29, 0.717) is 22.0 Å². The number of thiazole rings is 1. The van der Waals surface area contributed by atoms with Gasteiger partial charge in [0.25, 0.3) is 5.91 Å². The van der Waals surface area contributed by atoms with Gasteiger partial charge in [0.2, 0.25) is 0 Å². The fraction of sp³-hybridized carbons (Fsp3) is 0.375. The molecular weight excluding hydrogens is 301 g/mol. The summed E-state index contributed by atoms with van der Waals surface area (Å²) in [7, 11) is 0. The Balaban J connectivity index is 1.85. The Kier molecular flexibility index (Phi) is 4.22. The highest BCUT2D eigenvalue weighted by molar-refractivity contribution is 7.16. The fourth-order valence-electron chi connectivity index (χ4n) is 2.62. The molecule has 2 atom stereocenters. The number of carbonyl (C=O) groups excluding carboxylic acids is 1. The summed E-state index contributed by atoms with van der Waals surface area (Å²) in [5.41, 5.74) is 0.438. The summed E-state index contributed by atoms with van der Waals surface area (Å²) < 4.78 is 13.8. The van der Waals surface area contributed by atoms with Crippen molar-refractivity contribution in [2.45, 2.75) is 25.9 Å². The topological polar surface area (TPSA) is 45.2 Å². The Bertz CT molecular complexity index is 688. The third-order valence-electron chi connectivity index (χ3n) is 4.12. The predicted molar refractivity (Wildman–Crippen MR) is 85.5 cm³/mol. The van der Waals surface area contributed by atoms with Crippen LogP contribution in [0.3, 0.4) is 0 Å². The monoisotopic (exact) mass is 319 g/mol. The zero-order chi connectivity index (χ0) is 15.7. The Morgan fingerprint density at radius 3 is 2.95 bits per heavy atom. The Hall–Kier alpha value is -1.79. The first-order valence-electron chi connectivity index (χ1n) is 7.33.